The summed E-state index contributed by atoms with van der Waals surface area (Å²) in [4.78, 5) is 12.4. The maximum atomic E-state index is 13.2. The summed E-state index contributed by atoms with van der Waals surface area (Å²) in [6, 6.07) is 11.0. The van der Waals surface area contributed by atoms with Crippen molar-refractivity contribution >= 4 is 11.9 Å². The van der Waals surface area contributed by atoms with Gasteiger partial charge in [0.25, 0.3) is 0 Å². The van der Waals surface area contributed by atoms with Crippen molar-refractivity contribution in [2.24, 2.45) is 0 Å². The first-order chi connectivity index (χ1) is 9.63. The van der Waals surface area contributed by atoms with E-state index in [-0.39, 0.29) is 17.3 Å². The molecule has 2 aromatic rings. The standard InChI is InChI=1S/C17H13FO2/c18-14-3-1-2-11(9-14)8-13-5-4-12-10-15(19)6-7-16(12)17(13)20/h1-3,6-10,19H,4-5H2/b13-8+. The molecule has 1 aliphatic rings. The van der Waals surface area contributed by atoms with Gasteiger partial charge in [0.2, 0.25) is 0 Å². The van der Waals surface area contributed by atoms with Crippen molar-refractivity contribution in [3.05, 3.63) is 70.5 Å². The minimum atomic E-state index is -0.312. The number of hydrogen-bond acceptors (Lipinski definition) is 2. The molecule has 0 amide bonds. The number of rotatable bonds is 1. The first-order valence-electron chi connectivity index (χ1n) is 6.46. The fourth-order valence-electron chi connectivity index (χ4n) is 2.50. The number of carbonyl (C=O) groups excluding carboxylic acids is 1. The smallest absolute Gasteiger partial charge is 0.189 e. The topological polar surface area (TPSA) is 37.3 Å². The second-order valence-electron chi connectivity index (χ2n) is 4.90. The summed E-state index contributed by atoms with van der Waals surface area (Å²) in [6.07, 6.45) is 3.05. The lowest BCUT2D eigenvalue weighted by Crippen LogP contribution is -2.13. The van der Waals surface area contributed by atoms with Crippen LogP contribution in [0.1, 0.15) is 27.9 Å². The van der Waals surface area contributed by atoms with Gasteiger partial charge in [0.05, 0.1) is 0 Å². The van der Waals surface area contributed by atoms with Gasteiger partial charge in [-0.05, 0) is 60.4 Å². The van der Waals surface area contributed by atoms with Crippen molar-refractivity contribution in [1.29, 1.82) is 0 Å². The van der Waals surface area contributed by atoms with Crippen LogP contribution in [0, 0.1) is 5.82 Å². The summed E-state index contributed by atoms with van der Waals surface area (Å²) in [5.41, 5.74) is 2.85. The van der Waals surface area contributed by atoms with Crippen LogP contribution in [0.2, 0.25) is 0 Å². The lowest BCUT2D eigenvalue weighted by molar-refractivity contribution is 0.102. The molecule has 0 unspecified atom stereocenters. The molecule has 3 rings (SSSR count). The molecule has 2 aromatic carbocycles. The number of fused-ring (bicyclic) bond motifs is 1. The first kappa shape index (κ1) is 12.6. The molecule has 100 valence electrons. The van der Waals surface area contributed by atoms with Gasteiger partial charge >= 0.3 is 0 Å². The lowest BCUT2D eigenvalue weighted by Gasteiger charge is -2.17. The van der Waals surface area contributed by atoms with Crippen LogP contribution < -0.4 is 0 Å². The van der Waals surface area contributed by atoms with E-state index in [1.165, 1.54) is 18.2 Å². The summed E-state index contributed by atoms with van der Waals surface area (Å²) in [7, 11) is 0. The van der Waals surface area contributed by atoms with Crippen LogP contribution >= 0.6 is 0 Å². The first-order valence-corrected chi connectivity index (χ1v) is 6.46. The van der Waals surface area contributed by atoms with E-state index in [1.807, 2.05) is 0 Å². The maximum Gasteiger partial charge on any atom is 0.189 e. The molecule has 0 atom stereocenters. The Balaban J connectivity index is 1.98. The number of carbonyl (C=O) groups is 1. The van der Waals surface area contributed by atoms with Gasteiger partial charge in [-0.15, -0.1) is 0 Å². The van der Waals surface area contributed by atoms with Crippen LogP contribution in [-0.2, 0) is 6.42 Å². The van der Waals surface area contributed by atoms with Crippen molar-refractivity contribution in [3.63, 3.8) is 0 Å². The van der Waals surface area contributed by atoms with Crippen LogP contribution in [0.5, 0.6) is 5.75 Å². The van der Waals surface area contributed by atoms with Crippen LogP contribution in [0.25, 0.3) is 6.08 Å². The Labute approximate surface area is 116 Å². The third kappa shape index (κ3) is 2.35. The third-order valence-electron chi connectivity index (χ3n) is 3.48. The quantitative estimate of drug-likeness (QED) is 0.800. The third-order valence-corrected chi connectivity index (χ3v) is 3.48. The molecule has 0 aromatic heterocycles. The van der Waals surface area contributed by atoms with Crippen LogP contribution in [0.4, 0.5) is 4.39 Å². The van der Waals surface area contributed by atoms with E-state index in [4.69, 9.17) is 0 Å². The van der Waals surface area contributed by atoms with Gasteiger partial charge in [-0.2, -0.15) is 0 Å². The van der Waals surface area contributed by atoms with Crippen molar-refractivity contribution < 1.29 is 14.3 Å². The van der Waals surface area contributed by atoms with E-state index >= 15 is 0 Å². The number of benzene rings is 2. The molecule has 0 heterocycles. The molecule has 0 aliphatic heterocycles. The van der Waals surface area contributed by atoms with E-state index in [9.17, 15) is 14.3 Å². The van der Waals surface area contributed by atoms with Gasteiger partial charge in [-0.25, -0.2) is 4.39 Å². The molecule has 0 bridgehead atoms. The Morgan fingerprint density at radius 1 is 1.10 bits per heavy atom. The number of ketones is 1. The van der Waals surface area contributed by atoms with Gasteiger partial charge in [0, 0.05) is 11.1 Å². The monoisotopic (exact) mass is 268 g/mol. The highest BCUT2D eigenvalue weighted by Gasteiger charge is 2.21. The lowest BCUT2D eigenvalue weighted by atomic mass is 9.86. The van der Waals surface area contributed by atoms with Crippen molar-refractivity contribution in [2.45, 2.75) is 12.8 Å². The molecule has 0 saturated heterocycles. The number of allylic oxidation sites excluding steroid dienone is 1. The minimum Gasteiger partial charge on any atom is -0.508 e. The number of hydrogen-bond donors (Lipinski definition) is 1. The zero-order chi connectivity index (χ0) is 14.1. The Morgan fingerprint density at radius 2 is 1.95 bits per heavy atom. The summed E-state index contributed by atoms with van der Waals surface area (Å²) in [5, 5.41) is 9.44. The Kier molecular flexibility index (Phi) is 3.11. The van der Waals surface area contributed by atoms with Gasteiger partial charge in [-0.1, -0.05) is 12.1 Å². The minimum absolute atomic E-state index is 0.0458. The normalized spacial score (nSPS) is 16.2. The highest BCUT2D eigenvalue weighted by atomic mass is 19.1. The number of aryl methyl sites for hydroxylation is 1. The van der Waals surface area contributed by atoms with E-state index in [2.05, 4.69) is 0 Å². The number of Topliss-reactive ketones (excluding diaryl/α,β-unsaturated/α-hetero) is 1. The summed E-state index contributed by atoms with van der Waals surface area (Å²) in [5.74, 6) is -0.183. The van der Waals surface area contributed by atoms with E-state index in [0.717, 1.165) is 5.56 Å². The van der Waals surface area contributed by atoms with E-state index in [0.29, 0.717) is 29.5 Å². The highest BCUT2D eigenvalue weighted by molar-refractivity contribution is 6.13. The summed E-state index contributed by atoms with van der Waals surface area (Å²) in [6.45, 7) is 0. The van der Waals surface area contributed by atoms with Gasteiger partial charge < -0.3 is 5.11 Å². The average molecular weight is 268 g/mol. The Morgan fingerprint density at radius 3 is 2.75 bits per heavy atom. The molecule has 0 fully saturated rings. The summed E-state index contributed by atoms with van der Waals surface area (Å²) < 4.78 is 13.2. The van der Waals surface area contributed by atoms with E-state index in [1.54, 1.807) is 30.3 Å². The molecule has 3 heteroatoms. The summed E-state index contributed by atoms with van der Waals surface area (Å²) >= 11 is 0. The molecule has 1 aliphatic carbocycles. The van der Waals surface area contributed by atoms with Crippen LogP contribution in [0.3, 0.4) is 0 Å². The maximum absolute atomic E-state index is 13.2. The number of phenolic OH excluding ortho intramolecular Hbond substituents is 1. The second kappa shape index (κ2) is 4.93. The number of phenols is 1. The van der Waals surface area contributed by atoms with Crippen molar-refractivity contribution in [1.82, 2.24) is 0 Å². The molecule has 0 radical (unpaired) electrons. The van der Waals surface area contributed by atoms with Crippen LogP contribution in [-0.4, -0.2) is 10.9 Å². The zero-order valence-electron chi connectivity index (χ0n) is 10.8. The van der Waals surface area contributed by atoms with E-state index < -0.39 is 0 Å². The average Bonchev–Trinajstić information content (AvgIpc) is 2.42. The second-order valence-corrected chi connectivity index (χ2v) is 4.90. The highest BCUT2D eigenvalue weighted by Crippen LogP contribution is 2.29. The Bertz CT molecular complexity index is 717. The molecule has 20 heavy (non-hydrogen) atoms. The predicted molar refractivity (Wildman–Crippen MR) is 75.1 cm³/mol. The van der Waals surface area contributed by atoms with Crippen LogP contribution in [0.15, 0.2) is 48.0 Å². The molecule has 0 saturated carbocycles. The molecule has 1 N–H and O–H groups in total. The fourth-order valence-corrected chi connectivity index (χ4v) is 2.50. The predicted octanol–water partition coefficient (Wildman–Crippen LogP) is 3.74. The number of halogens is 1. The SMILES string of the molecule is O=C1/C(=C/c2cccc(F)c2)CCc2cc(O)ccc21. The largest absolute Gasteiger partial charge is 0.508 e. The van der Waals surface area contributed by atoms with Gasteiger partial charge in [0.15, 0.2) is 5.78 Å². The molecular weight excluding hydrogens is 255 g/mol. The molecule has 2 nitrogen and oxygen atoms in total. The zero-order valence-corrected chi connectivity index (χ0v) is 10.8. The molecule has 0 spiro atoms. The Hall–Kier alpha value is -2.42. The van der Waals surface area contributed by atoms with Gasteiger partial charge in [0.1, 0.15) is 11.6 Å². The van der Waals surface area contributed by atoms with Crippen molar-refractivity contribution in [2.75, 3.05) is 0 Å². The fraction of sp³-hybridized carbons (Fsp3) is 0.118. The van der Waals surface area contributed by atoms with Gasteiger partial charge in [-0.3, -0.25) is 4.79 Å². The molecular formula is C17H13FO2. The van der Waals surface area contributed by atoms with Crippen molar-refractivity contribution in [3.8, 4) is 5.75 Å². The number of aromatic hydroxyl groups is 1.